The molecule has 0 aliphatic rings. The number of rotatable bonds is 8. The molecule has 27 heavy (non-hydrogen) atoms. The molecule has 1 N–H and O–H groups in total. The highest BCUT2D eigenvalue weighted by Gasteiger charge is 2.19. The van der Waals surface area contributed by atoms with Crippen LogP contribution in [0, 0.1) is 11.6 Å². The minimum Gasteiger partial charge on any atom is -0.496 e. The summed E-state index contributed by atoms with van der Waals surface area (Å²) in [5.41, 5.74) is 0.895. The predicted molar refractivity (Wildman–Crippen MR) is 95.7 cm³/mol. The minimum atomic E-state index is -1.07. The zero-order valence-corrected chi connectivity index (χ0v) is 15.3. The van der Waals surface area contributed by atoms with Crippen molar-refractivity contribution in [3.63, 3.8) is 0 Å². The van der Waals surface area contributed by atoms with Crippen LogP contribution in [0.5, 0.6) is 5.75 Å². The van der Waals surface area contributed by atoms with Gasteiger partial charge in [-0.1, -0.05) is 17.7 Å². The van der Waals surface area contributed by atoms with Gasteiger partial charge in [-0.3, -0.25) is 9.59 Å². The van der Waals surface area contributed by atoms with E-state index in [1.54, 1.807) is 18.2 Å². The number of amides is 1. The highest BCUT2D eigenvalue weighted by atomic mass is 35.5. The maximum Gasteiger partial charge on any atom is 0.305 e. The Morgan fingerprint density at radius 1 is 1.15 bits per heavy atom. The molecule has 0 spiro atoms. The zero-order chi connectivity index (χ0) is 20.0. The molecule has 2 aromatic carbocycles. The molecule has 0 radical (unpaired) electrons. The van der Waals surface area contributed by atoms with E-state index in [1.807, 2.05) is 0 Å². The maximum absolute atomic E-state index is 13.4. The highest BCUT2D eigenvalue weighted by Crippen LogP contribution is 2.24. The first-order valence-corrected chi connectivity index (χ1v) is 8.44. The molecule has 0 heterocycles. The number of hydrogen-bond donors (Lipinski definition) is 1. The monoisotopic (exact) mass is 397 g/mol. The Labute approximate surface area is 160 Å². The molecule has 0 saturated carbocycles. The van der Waals surface area contributed by atoms with Gasteiger partial charge in [-0.15, -0.1) is 0 Å². The fourth-order valence-electron chi connectivity index (χ4n) is 2.54. The van der Waals surface area contributed by atoms with Crippen LogP contribution in [0.3, 0.4) is 0 Å². The molecule has 0 aromatic heterocycles. The Kier molecular flexibility index (Phi) is 7.12. The summed E-state index contributed by atoms with van der Waals surface area (Å²) in [6.45, 7) is -0.123. The van der Waals surface area contributed by atoms with Crippen molar-refractivity contribution in [3.05, 3.63) is 64.2 Å². The third kappa shape index (κ3) is 5.92. The van der Waals surface area contributed by atoms with Gasteiger partial charge in [0.1, 0.15) is 5.75 Å². The van der Waals surface area contributed by atoms with Crippen molar-refractivity contribution in [2.75, 3.05) is 13.7 Å². The summed E-state index contributed by atoms with van der Waals surface area (Å²) < 4.78 is 31.7. The van der Waals surface area contributed by atoms with E-state index in [2.05, 4.69) is 0 Å². The summed E-state index contributed by atoms with van der Waals surface area (Å²) in [4.78, 5) is 24.9. The number of aliphatic carboxylic acids is 1. The second-order valence-corrected chi connectivity index (χ2v) is 6.28. The van der Waals surface area contributed by atoms with Gasteiger partial charge in [-0.2, -0.15) is 0 Å². The van der Waals surface area contributed by atoms with Crippen LogP contribution in [-0.2, 0) is 22.6 Å². The van der Waals surface area contributed by atoms with E-state index in [4.69, 9.17) is 21.4 Å². The average molecular weight is 398 g/mol. The quantitative estimate of drug-likeness (QED) is 0.738. The molecule has 144 valence electrons. The number of benzene rings is 2. The van der Waals surface area contributed by atoms with Gasteiger partial charge in [-0.05, 0) is 35.9 Å². The Balaban J connectivity index is 2.21. The van der Waals surface area contributed by atoms with Crippen LogP contribution in [-0.4, -0.2) is 35.5 Å². The van der Waals surface area contributed by atoms with Crippen molar-refractivity contribution in [1.82, 2.24) is 4.90 Å². The van der Waals surface area contributed by atoms with E-state index in [9.17, 15) is 18.4 Å². The summed E-state index contributed by atoms with van der Waals surface area (Å²) in [5.74, 6) is -3.01. The van der Waals surface area contributed by atoms with Crippen LogP contribution in [0.4, 0.5) is 8.78 Å². The lowest BCUT2D eigenvalue weighted by atomic mass is 10.1. The molecule has 0 bridgehead atoms. The highest BCUT2D eigenvalue weighted by molar-refractivity contribution is 6.30. The number of carbonyl (C=O) groups is 2. The molecular formula is C19H18ClF2NO4. The lowest BCUT2D eigenvalue weighted by Gasteiger charge is -2.23. The largest absolute Gasteiger partial charge is 0.496 e. The molecular weight excluding hydrogens is 380 g/mol. The number of carboxylic acids is 1. The topological polar surface area (TPSA) is 66.8 Å². The van der Waals surface area contributed by atoms with E-state index in [-0.39, 0.29) is 31.8 Å². The summed E-state index contributed by atoms with van der Waals surface area (Å²) in [5, 5.41) is 9.34. The van der Waals surface area contributed by atoms with E-state index in [0.717, 1.165) is 12.1 Å². The van der Waals surface area contributed by atoms with E-state index in [1.165, 1.54) is 18.1 Å². The molecule has 0 aliphatic carbocycles. The van der Waals surface area contributed by atoms with Crippen LogP contribution in [0.15, 0.2) is 36.4 Å². The number of methoxy groups -OCH3 is 1. The molecule has 0 unspecified atom stereocenters. The molecule has 5 nitrogen and oxygen atoms in total. The molecule has 2 rings (SSSR count). The number of nitrogens with zero attached hydrogens (tertiary/aromatic N) is 1. The fraction of sp³-hybridized carbons (Fsp3) is 0.263. The lowest BCUT2D eigenvalue weighted by molar-refractivity contribution is -0.138. The number of halogens is 3. The van der Waals surface area contributed by atoms with Crippen LogP contribution >= 0.6 is 11.6 Å². The fourth-order valence-corrected chi connectivity index (χ4v) is 2.74. The zero-order valence-electron chi connectivity index (χ0n) is 14.5. The normalized spacial score (nSPS) is 10.5. The van der Waals surface area contributed by atoms with Crippen LogP contribution in [0.1, 0.15) is 17.5 Å². The van der Waals surface area contributed by atoms with Crippen LogP contribution in [0.25, 0.3) is 0 Å². The Morgan fingerprint density at radius 2 is 1.89 bits per heavy atom. The summed E-state index contributed by atoms with van der Waals surface area (Å²) >= 11 is 5.97. The number of hydrogen-bond acceptors (Lipinski definition) is 3. The lowest BCUT2D eigenvalue weighted by Crippen LogP contribution is -2.34. The van der Waals surface area contributed by atoms with Gasteiger partial charge in [0.05, 0.1) is 20.0 Å². The molecule has 8 heteroatoms. The molecule has 0 atom stereocenters. The minimum absolute atomic E-state index is 0.0494. The second kappa shape index (κ2) is 9.32. The Bertz CT molecular complexity index is 844. The van der Waals surface area contributed by atoms with E-state index >= 15 is 0 Å². The standard InChI is InChI=1S/C19H18ClF2NO4/c1-27-17-5-3-14(20)9-13(17)10-18(24)23(7-6-19(25)26)11-12-2-4-15(21)16(22)8-12/h2-5,8-9H,6-7,10-11H2,1H3,(H,25,26). The van der Waals surface area contributed by atoms with Crippen molar-refractivity contribution >= 4 is 23.5 Å². The Morgan fingerprint density at radius 3 is 2.52 bits per heavy atom. The Hall–Kier alpha value is -2.67. The van der Waals surface area contributed by atoms with Crippen molar-refractivity contribution in [2.45, 2.75) is 19.4 Å². The molecule has 0 aliphatic heterocycles. The molecule has 0 saturated heterocycles. The van der Waals surface area contributed by atoms with E-state index in [0.29, 0.717) is 21.9 Å². The van der Waals surface area contributed by atoms with E-state index < -0.39 is 17.6 Å². The third-order valence-electron chi connectivity index (χ3n) is 3.89. The van der Waals surface area contributed by atoms with Gasteiger partial charge in [0, 0.05) is 23.7 Å². The average Bonchev–Trinajstić information content (AvgIpc) is 2.61. The SMILES string of the molecule is COc1ccc(Cl)cc1CC(=O)N(CCC(=O)O)Cc1ccc(F)c(F)c1. The van der Waals surface area contributed by atoms with Crippen LogP contribution < -0.4 is 4.74 Å². The van der Waals surface area contributed by atoms with Crippen molar-refractivity contribution in [3.8, 4) is 5.75 Å². The van der Waals surface area contributed by atoms with Crippen LogP contribution in [0.2, 0.25) is 5.02 Å². The van der Waals surface area contributed by atoms with Crippen molar-refractivity contribution in [2.24, 2.45) is 0 Å². The van der Waals surface area contributed by atoms with Gasteiger partial charge >= 0.3 is 5.97 Å². The van der Waals surface area contributed by atoms with Gasteiger partial charge < -0.3 is 14.7 Å². The number of ether oxygens (including phenoxy) is 1. The summed E-state index contributed by atoms with van der Waals surface area (Å²) in [7, 11) is 1.46. The maximum atomic E-state index is 13.4. The van der Waals surface area contributed by atoms with Gasteiger partial charge in [0.2, 0.25) is 5.91 Å². The third-order valence-corrected chi connectivity index (χ3v) is 4.12. The summed E-state index contributed by atoms with van der Waals surface area (Å²) in [6.07, 6.45) is -0.352. The number of carboxylic acid groups (broad SMARTS) is 1. The second-order valence-electron chi connectivity index (χ2n) is 5.84. The smallest absolute Gasteiger partial charge is 0.305 e. The van der Waals surface area contributed by atoms with Crippen molar-refractivity contribution < 1.29 is 28.2 Å². The first-order chi connectivity index (χ1) is 12.8. The summed E-state index contributed by atoms with van der Waals surface area (Å²) in [6, 6.07) is 8.13. The van der Waals surface area contributed by atoms with Gasteiger partial charge in [0.15, 0.2) is 11.6 Å². The molecule has 1 amide bonds. The molecule has 0 fully saturated rings. The molecule has 2 aromatic rings. The van der Waals surface area contributed by atoms with Gasteiger partial charge in [-0.25, -0.2) is 8.78 Å². The predicted octanol–water partition coefficient (Wildman–Crippen LogP) is 3.67. The first-order valence-electron chi connectivity index (χ1n) is 8.06. The van der Waals surface area contributed by atoms with Gasteiger partial charge in [0.25, 0.3) is 0 Å². The first kappa shape index (κ1) is 20.6. The van der Waals surface area contributed by atoms with Crippen molar-refractivity contribution in [1.29, 1.82) is 0 Å². The number of carbonyl (C=O) groups excluding carboxylic acids is 1.